The number of rotatable bonds is 7. The molecule has 0 saturated carbocycles. The smallest absolute Gasteiger partial charge is 0.252 e. The van der Waals surface area contributed by atoms with Gasteiger partial charge in [0, 0.05) is 20.2 Å². The van der Waals surface area contributed by atoms with Crippen molar-refractivity contribution >= 4 is 17.4 Å². The van der Waals surface area contributed by atoms with Crippen molar-refractivity contribution in [3.63, 3.8) is 0 Å². The van der Waals surface area contributed by atoms with E-state index < -0.39 is 5.91 Å². The van der Waals surface area contributed by atoms with Crippen LogP contribution in [0.15, 0.2) is 12.3 Å². The van der Waals surface area contributed by atoms with Crippen LogP contribution in [-0.2, 0) is 4.74 Å². The van der Waals surface area contributed by atoms with Crippen LogP contribution in [0.2, 0.25) is 0 Å². The summed E-state index contributed by atoms with van der Waals surface area (Å²) in [6.45, 7) is 1.40. The number of ether oxygens (including phenoxy) is 1. The lowest BCUT2D eigenvalue weighted by Gasteiger charge is -2.24. The molecule has 0 atom stereocenters. The van der Waals surface area contributed by atoms with Crippen molar-refractivity contribution in [3.8, 4) is 6.07 Å². The van der Waals surface area contributed by atoms with Crippen molar-refractivity contribution in [1.29, 1.82) is 5.26 Å². The van der Waals surface area contributed by atoms with Crippen molar-refractivity contribution in [2.75, 3.05) is 37.4 Å². The first-order chi connectivity index (χ1) is 9.10. The standard InChI is InChI=1S/C12H17N5O2/c1-19-6-5-17(4-2-3-13)12-10(11(15)18)7-9(14)8-16-12/h7-8H,2,4-6,14H2,1H3,(H2,15,18). The van der Waals surface area contributed by atoms with Crippen LogP contribution in [0.25, 0.3) is 0 Å². The summed E-state index contributed by atoms with van der Waals surface area (Å²) in [7, 11) is 1.58. The minimum Gasteiger partial charge on any atom is -0.397 e. The molecule has 0 aliphatic rings. The van der Waals surface area contributed by atoms with Crippen LogP contribution in [0, 0.1) is 11.3 Å². The number of nitriles is 1. The molecule has 4 N–H and O–H groups in total. The molecule has 19 heavy (non-hydrogen) atoms. The van der Waals surface area contributed by atoms with E-state index in [4.69, 9.17) is 21.5 Å². The van der Waals surface area contributed by atoms with Gasteiger partial charge in [-0.25, -0.2) is 4.98 Å². The topological polar surface area (TPSA) is 118 Å². The van der Waals surface area contributed by atoms with Crippen LogP contribution in [0.1, 0.15) is 16.8 Å². The maximum atomic E-state index is 11.4. The van der Waals surface area contributed by atoms with E-state index in [0.29, 0.717) is 37.6 Å². The average Bonchev–Trinajstić information content (AvgIpc) is 2.39. The van der Waals surface area contributed by atoms with Gasteiger partial charge in [0.25, 0.3) is 5.91 Å². The Balaban J connectivity index is 3.06. The number of methoxy groups -OCH3 is 1. The molecule has 0 radical (unpaired) electrons. The highest BCUT2D eigenvalue weighted by Gasteiger charge is 2.16. The highest BCUT2D eigenvalue weighted by Crippen LogP contribution is 2.19. The monoisotopic (exact) mass is 263 g/mol. The van der Waals surface area contributed by atoms with Crippen molar-refractivity contribution in [2.24, 2.45) is 5.73 Å². The second-order valence-electron chi connectivity index (χ2n) is 3.89. The van der Waals surface area contributed by atoms with Gasteiger partial charge in [-0.3, -0.25) is 4.79 Å². The van der Waals surface area contributed by atoms with E-state index >= 15 is 0 Å². The first-order valence-corrected chi connectivity index (χ1v) is 5.76. The van der Waals surface area contributed by atoms with E-state index in [1.807, 2.05) is 0 Å². The van der Waals surface area contributed by atoms with Gasteiger partial charge in [-0.05, 0) is 6.07 Å². The Hall–Kier alpha value is -2.33. The molecular formula is C12H17N5O2. The second-order valence-corrected chi connectivity index (χ2v) is 3.89. The molecule has 1 aromatic rings. The molecular weight excluding hydrogens is 246 g/mol. The van der Waals surface area contributed by atoms with Crippen LogP contribution < -0.4 is 16.4 Å². The van der Waals surface area contributed by atoms with E-state index in [2.05, 4.69) is 11.1 Å². The molecule has 0 unspecified atom stereocenters. The quantitative estimate of drug-likeness (QED) is 0.721. The fourth-order valence-electron chi connectivity index (χ4n) is 1.62. The van der Waals surface area contributed by atoms with Crippen molar-refractivity contribution in [3.05, 3.63) is 17.8 Å². The predicted molar refractivity (Wildman–Crippen MR) is 71.5 cm³/mol. The maximum Gasteiger partial charge on any atom is 0.252 e. The molecule has 1 rings (SSSR count). The lowest BCUT2D eigenvalue weighted by atomic mass is 10.2. The van der Waals surface area contributed by atoms with Crippen molar-refractivity contribution in [1.82, 2.24) is 4.98 Å². The summed E-state index contributed by atoms with van der Waals surface area (Å²) in [4.78, 5) is 17.4. The van der Waals surface area contributed by atoms with Gasteiger partial charge >= 0.3 is 0 Å². The van der Waals surface area contributed by atoms with Gasteiger partial charge in [-0.15, -0.1) is 0 Å². The Morgan fingerprint density at radius 2 is 2.32 bits per heavy atom. The fraction of sp³-hybridized carbons (Fsp3) is 0.417. The first-order valence-electron chi connectivity index (χ1n) is 5.76. The van der Waals surface area contributed by atoms with Crippen LogP contribution >= 0.6 is 0 Å². The summed E-state index contributed by atoms with van der Waals surface area (Å²) in [6.07, 6.45) is 1.77. The molecule has 1 amide bonds. The third-order valence-electron chi connectivity index (χ3n) is 2.51. The highest BCUT2D eigenvalue weighted by atomic mass is 16.5. The zero-order valence-electron chi connectivity index (χ0n) is 10.8. The van der Waals surface area contributed by atoms with Crippen molar-refractivity contribution in [2.45, 2.75) is 6.42 Å². The van der Waals surface area contributed by atoms with Gasteiger partial charge in [-0.1, -0.05) is 0 Å². The van der Waals surface area contributed by atoms with Crippen LogP contribution in [0.5, 0.6) is 0 Å². The Kier molecular flexibility index (Phi) is 5.57. The van der Waals surface area contributed by atoms with E-state index in [-0.39, 0.29) is 5.56 Å². The summed E-state index contributed by atoms with van der Waals surface area (Å²) in [5.74, 6) is -0.178. The summed E-state index contributed by atoms with van der Waals surface area (Å²) in [5, 5.41) is 8.67. The number of amides is 1. The summed E-state index contributed by atoms with van der Waals surface area (Å²) in [6, 6.07) is 3.54. The zero-order valence-corrected chi connectivity index (χ0v) is 10.8. The van der Waals surface area contributed by atoms with Crippen molar-refractivity contribution < 1.29 is 9.53 Å². The SMILES string of the molecule is COCCN(CCC#N)c1ncc(N)cc1C(N)=O. The van der Waals surface area contributed by atoms with E-state index in [9.17, 15) is 4.79 Å². The molecule has 0 bridgehead atoms. The summed E-state index contributed by atoms with van der Waals surface area (Å²) in [5.41, 5.74) is 11.5. The minimum absolute atomic E-state index is 0.244. The predicted octanol–water partition coefficient (Wildman–Crippen LogP) is 0.129. The fourth-order valence-corrected chi connectivity index (χ4v) is 1.62. The first kappa shape index (κ1) is 14.7. The minimum atomic E-state index is -0.603. The van der Waals surface area contributed by atoms with Crippen LogP contribution in [0.4, 0.5) is 11.5 Å². The molecule has 7 heteroatoms. The summed E-state index contributed by atoms with van der Waals surface area (Å²) >= 11 is 0. The van der Waals surface area contributed by atoms with E-state index in [1.165, 1.54) is 12.3 Å². The number of hydrogen-bond donors (Lipinski definition) is 2. The van der Waals surface area contributed by atoms with Gasteiger partial charge in [-0.2, -0.15) is 5.26 Å². The summed E-state index contributed by atoms with van der Waals surface area (Å²) < 4.78 is 5.00. The lowest BCUT2D eigenvalue weighted by molar-refractivity contribution is 0.100. The molecule has 7 nitrogen and oxygen atoms in total. The highest BCUT2D eigenvalue weighted by molar-refractivity contribution is 5.98. The number of nitrogens with zero attached hydrogens (tertiary/aromatic N) is 3. The lowest BCUT2D eigenvalue weighted by Crippen LogP contribution is -2.31. The number of anilines is 2. The number of nitrogens with two attached hydrogens (primary N) is 2. The van der Waals surface area contributed by atoms with E-state index in [0.717, 1.165) is 0 Å². The molecule has 0 aromatic carbocycles. The Morgan fingerprint density at radius 1 is 1.58 bits per heavy atom. The largest absolute Gasteiger partial charge is 0.397 e. The molecule has 0 aliphatic carbocycles. The Bertz CT molecular complexity index is 483. The zero-order chi connectivity index (χ0) is 14.3. The third kappa shape index (κ3) is 4.12. The molecule has 102 valence electrons. The molecule has 0 saturated heterocycles. The van der Waals surface area contributed by atoms with Gasteiger partial charge in [0.2, 0.25) is 0 Å². The van der Waals surface area contributed by atoms with Gasteiger partial charge < -0.3 is 21.1 Å². The number of primary amides is 1. The number of pyridine rings is 1. The molecule has 0 spiro atoms. The van der Waals surface area contributed by atoms with Gasteiger partial charge in [0.1, 0.15) is 5.82 Å². The van der Waals surface area contributed by atoms with Gasteiger partial charge in [0.05, 0.1) is 36.5 Å². The third-order valence-corrected chi connectivity index (χ3v) is 2.51. The number of aromatic nitrogens is 1. The normalized spacial score (nSPS) is 9.89. The Labute approximate surface area is 111 Å². The number of hydrogen-bond acceptors (Lipinski definition) is 6. The second kappa shape index (κ2) is 7.18. The van der Waals surface area contributed by atoms with Crippen LogP contribution in [0.3, 0.4) is 0 Å². The molecule has 1 aromatic heterocycles. The molecule has 0 fully saturated rings. The number of nitrogen functional groups attached to an aromatic ring is 1. The molecule has 1 heterocycles. The van der Waals surface area contributed by atoms with Crippen LogP contribution in [-0.4, -0.2) is 37.7 Å². The van der Waals surface area contributed by atoms with E-state index in [1.54, 1.807) is 12.0 Å². The Morgan fingerprint density at radius 3 is 2.89 bits per heavy atom. The van der Waals surface area contributed by atoms with Gasteiger partial charge in [0.15, 0.2) is 0 Å². The molecule has 0 aliphatic heterocycles. The number of carbonyl (C=O) groups is 1. The average molecular weight is 263 g/mol. The number of carbonyl (C=O) groups excluding carboxylic acids is 1. The maximum absolute atomic E-state index is 11.4.